The lowest BCUT2D eigenvalue weighted by molar-refractivity contribution is -0.0814. The average molecular weight is 159 g/mol. The van der Waals surface area contributed by atoms with E-state index < -0.39 is 0 Å². The van der Waals surface area contributed by atoms with Crippen molar-refractivity contribution >= 4 is 0 Å². The minimum absolute atomic E-state index is 0.0173. The Labute approximate surface area is 68.0 Å². The van der Waals surface area contributed by atoms with Crippen LogP contribution in [0.15, 0.2) is 0 Å². The summed E-state index contributed by atoms with van der Waals surface area (Å²) < 4.78 is 5.38. The quantitative estimate of drug-likeness (QED) is 0.619. The van der Waals surface area contributed by atoms with Gasteiger partial charge in [0.1, 0.15) is 0 Å². The first-order valence-corrected chi connectivity index (χ1v) is 4.26. The highest BCUT2D eigenvalue weighted by Crippen LogP contribution is 2.07. The fraction of sp³-hybridized carbons (Fsp3) is 1.00. The van der Waals surface area contributed by atoms with E-state index in [1.165, 1.54) is 0 Å². The lowest BCUT2D eigenvalue weighted by atomic mass is 10.2. The Morgan fingerprint density at radius 1 is 1.73 bits per heavy atom. The molecule has 0 aromatic rings. The van der Waals surface area contributed by atoms with Crippen LogP contribution in [-0.4, -0.2) is 48.5 Å². The Kier molecular flexibility index (Phi) is 3.30. The number of likely N-dealkylation sites (N-methyl/N-ethyl adjacent to an activating group) is 1. The van der Waals surface area contributed by atoms with Crippen molar-refractivity contribution in [1.82, 2.24) is 4.90 Å². The summed E-state index contributed by atoms with van der Waals surface area (Å²) in [6, 6.07) is 0. The molecule has 3 nitrogen and oxygen atoms in total. The highest BCUT2D eigenvalue weighted by molar-refractivity contribution is 4.74. The standard InChI is InChI=1S/C8H17NO2/c1-3-9-4-5-11-8(6-9)7(2)10/h7-8,10H,3-6H2,1-2H3/t7-,8-/m0/s1. The van der Waals surface area contributed by atoms with Gasteiger partial charge >= 0.3 is 0 Å². The van der Waals surface area contributed by atoms with E-state index in [0.717, 1.165) is 26.2 Å². The lowest BCUT2D eigenvalue weighted by Crippen LogP contribution is -2.46. The van der Waals surface area contributed by atoms with Gasteiger partial charge in [0.2, 0.25) is 0 Å². The molecule has 0 aromatic carbocycles. The van der Waals surface area contributed by atoms with Gasteiger partial charge in [-0.1, -0.05) is 6.92 Å². The van der Waals surface area contributed by atoms with Crippen molar-refractivity contribution in [3.8, 4) is 0 Å². The van der Waals surface area contributed by atoms with E-state index in [9.17, 15) is 5.11 Å². The summed E-state index contributed by atoms with van der Waals surface area (Å²) in [6.07, 6.45) is -0.326. The highest BCUT2D eigenvalue weighted by atomic mass is 16.5. The SMILES string of the molecule is CCN1CCO[C@H]([C@H](C)O)C1. The first-order valence-electron chi connectivity index (χ1n) is 4.26. The van der Waals surface area contributed by atoms with E-state index in [4.69, 9.17) is 4.74 Å². The highest BCUT2D eigenvalue weighted by Gasteiger charge is 2.22. The number of hydrogen-bond acceptors (Lipinski definition) is 3. The fourth-order valence-corrected chi connectivity index (χ4v) is 1.31. The summed E-state index contributed by atoms with van der Waals surface area (Å²) in [4.78, 5) is 2.29. The molecule has 1 N–H and O–H groups in total. The van der Waals surface area contributed by atoms with Gasteiger partial charge in [0.25, 0.3) is 0 Å². The molecule has 0 spiro atoms. The van der Waals surface area contributed by atoms with Crippen molar-refractivity contribution in [2.45, 2.75) is 26.1 Å². The van der Waals surface area contributed by atoms with Crippen LogP contribution < -0.4 is 0 Å². The molecule has 0 saturated carbocycles. The molecule has 0 aromatic heterocycles. The van der Waals surface area contributed by atoms with Crippen LogP contribution in [0.2, 0.25) is 0 Å². The van der Waals surface area contributed by atoms with Crippen molar-refractivity contribution in [1.29, 1.82) is 0 Å². The Bertz CT molecular complexity index is 117. The monoisotopic (exact) mass is 159 g/mol. The zero-order valence-corrected chi connectivity index (χ0v) is 7.29. The van der Waals surface area contributed by atoms with Crippen molar-refractivity contribution in [3.63, 3.8) is 0 Å². The molecule has 66 valence electrons. The predicted molar refractivity (Wildman–Crippen MR) is 43.5 cm³/mol. The van der Waals surface area contributed by atoms with Crippen LogP contribution in [0.5, 0.6) is 0 Å². The molecule has 1 saturated heterocycles. The molecule has 11 heavy (non-hydrogen) atoms. The first-order chi connectivity index (χ1) is 5.24. The van der Waals surface area contributed by atoms with Crippen molar-refractivity contribution < 1.29 is 9.84 Å². The van der Waals surface area contributed by atoms with Gasteiger partial charge < -0.3 is 9.84 Å². The van der Waals surface area contributed by atoms with E-state index in [1.807, 2.05) is 0 Å². The summed E-state index contributed by atoms with van der Waals surface area (Å²) in [6.45, 7) is 7.58. The maximum atomic E-state index is 9.24. The summed E-state index contributed by atoms with van der Waals surface area (Å²) in [5, 5.41) is 9.24. The predicted octanol–water partition coefficient (Wildman–Crippen LogP) is 0.0879. The second-order valence-corrected chi connectivity index (χ2v) is 3.04. The van der Waals surface area contributed by atoms with E-state index in [1.54, 1.807) is 6.92 Å². The zero-order valence-electron chi connectivity index (χ0n) is 7.29. The molecule has 1 fully saturated rings. The van der Waals surface area contributed by atoms with Gasteiger partial charge in [-0.15, -0.1) is 0 Å². The smallest absolute Gasteiger partial charge is 0.0958 e. The van der Waals surface area contributed by atoms with E-state index in [2.05, 4.69) is 11.8 Å². The number of morpholine rings is 1. The lowest BCUT2D eigenvalue weighted by Gasteiger charge is -2.33. The largest absolute Gasteiger partial charge is 0.391 e. The number of ether oxygens (including phenoxy) is 1. The fourth-order valence-electron chi connectivity index (χ4n) is 1.31. The van der Waals surface area contributed by atoms with E-state index >= 15 is 0 Å². The van der Waals surface area contributed by atoms with Crippen LogP contribution in [0.3, 0.4) is 0 Å². The van der Waals surface area contributed by atoms with Crippen molar-refractivity contribution in [2.75, 3.05) is 26.2 Å². The van der Waals surface area contributed by atoms with Gasteiger partial charge in [0, 0.05) is 13.1 Å². The normalized spacial score (nSPS) is 30.3. The third-order valence-electron chi connectivity index (χ3n) is 2.16. The zero-order chi connectivity index (χ0) is 8.27. The van der Waals surface area contributed by atoms with Crippen LogP contribution in [-0.2, 0) is 4.74 Å². The minimum Gasteiger partial charge on any atom is -0.391 e. The molecule has 3 heteroatoms. The maximum Gasteiger partial charge on any atom is 0.0958 e. The maximum absolute atomic E-state index is 9.24. The number of aliphatic hydroxyl groups is 1. The van der Waals surface area contributed by atoms with Gasteiger partial charge in [0.15, 0.2) is 0 Å². The number of rotatable bonds is 2. The average Bonchev–Trinajstić information content (AvgIpc) is 2.05. The first kappa shape index (κ1) is 8.97. The van der Waals surface area contributed by atoms with Gasteiger partial charge in [0.05, 0.1) is 18.8 Å². The molecule has 1 aliphatic rings. The third kappa shape index (κ3) is 2.43. The molecule has 1 heterocycles. The number of nitrogens with zero attached hydrogens (tertiary/aromatic N) is 1. The van der Waals surface area contributed by atoms with Crippen molar-refractivity contribution in [2.24, 2.45) is 0 Å². The second-order valence-electron chi connectivity index (χ2n) is 3.04. The molecule has 1 rings (SSSR count). The summed E-state index contributed by atoms with van der Waals surface area (Å²) in [5.41, 5.74) is 0. The molecule has 2 atom stereocenters. The summed E-state index contributed by atoms with van der Waals surface area (Å²) in [5.74, 6) is 0. The molecular weight excluding hydrogens is 142 g/mol. The summed E-state index contributed by atoms with van der Waals surface area (Å²) >= 11 is 0. The van der Waals surface area contributed by atoms with Crippen molar-refractivity contribution in [3.05, 3.63) is 0 Å². The topological polar surface area (TPSA) is 32.7 Å². The molecule has 0 radical (unpaired) electrons. The van der Waals surface area contributed by atoms with Crippen LogP contribution in [0.25, 0.3) is 0 Å². The van der Waals surface area contributed by atoms with Gasteiger partial charge in [-0.3, -0.25) is 4.90 Å². The van der Waals surface area contributed by atoms with E-state index in [-0.39, 0.29) is 12.2 Å². The number of aliphatic hydroxyl groups excluding tert-OH is 1. The van der Waals surface area contributed by atoms with Crippen LogP contribution in [0, 0.1) is 0 Å². The van der Waals surface area contributed by atoms with Gasteiger partial charge in [-0.05, 0) is 13.5 Å². The Morgan fingerprint density at radius 2 is 2.45 bits per heavy atom. The van der Waals surface area contributed by atoms with Gasteiger partial charge in [-0.2, -0.15) is 0 Å². The van der Waals surface area contributed by atoms with E-state index in [0.29, 0.717) is 0 Å². The second kappa shape index (κ2) is 4.04. The minimum atomic E-state index is -0.343. The van der Waals surface area contributed by atoms with Gasteiger partial charge in [-0.25, -0.2) is 0 Å². The molecule has 0 unspecified atom stereocenters. The number of hydrogen-bond donors (Lipinski definition) is 1. The Hall–Kier alpha value is -0.120. The molecule has 1 aliphatic heterocycles. The molecule has 0 amide bonds. The third-order valence-corrected chi connectivity index (χ3v) is 2.16. The van der Waals surface area contributed by atoms with Crippen LogP contribution in [0.1, 0.15) is 13.8 Å². The summed E-state index contributed by atoms with van der Waals surface area (Å²) in [7, 11) is 0. The van der Waals surface area contributed by atoms with Crippen LogP contribution in [0.4, 0.5) is 0 Å². The Balaban J connectivity index is 2.33. The van der Waals surface area contributed by atoms with Crippen LogP contribution >= 0.6 is 0 Å². The molecule has 0 bridgehead atoms. The molecular formula is C8H17NO2. The Morgan fingerprint density at radius 3 is 3.00 bits per heavy atom. The molecule has 0 aliphatic carbocycles.